The molecule has 0 spiro atoms. The fourth-order valence-electron chi connectivity index (χ4n) is 5.36. The van der Waals surface area contributed by atoms with Gasteiger partial charge in [0.15, 0.2) is 0 Å². The number of hydrogen-bond donors (Lipinski definition) is 1. The Morgan fingerprint density at radius 2 is 1.67 bits per heavy atom. The first-order valence-electron chi connectivity index (χ1n) is 13.4. The summed E-state index contributed by atoms with van der Waals surface area (Å²) in [6.45, 7) is 3.17. The number of fused-ring (bicyclic) bond motifs is 1. The summed E-state index contributed by atoms with van der Waals surface area (Å²) in [5, 5.41) is 3.29. The molecule has 43 heavy (non-hydrogen) atoms. The number of amides is 3. The van der Waals surface area contributed by atoms with Crippen molar-refractivity contribution in [2.75, 3.05) is 13.1 Å². The molecule has 0 aliphatic carbocycles. The second-order valence-electron chi connectivity index (χ2n) is 10.5. The van der Waals surface area contributed by atoms with Crippen LogP contribution in [0, 0.1) is 0 Å². The van der Waals surface area contributed by atoms with Crippen LogP contribution in [0.1, 0.15) is 29.9 Å². The van der Waals surface area contributed by atoms with E-state index in [1.165, 1.54) is 35.4 Å². The van der Waals surface area contributed by atoms with Crippen LogP contribution in [0.2, 0.25) is 15.1 Å². The molecule has 3 atom stereocenters. The third-order valence-corrected chi connectivity index (χ3v) is 10.3. The monoisotopic (exact) mass is 663 g/mol. The van der Waals surface area contributed by atoms with Crippen molar-refractivity contribution in [1.29, 1.82) is 0 Å². The van der Waals surface area contributed by atoms with Crippen molar-refractivity contribution in [1.82, 2.24) is 24.4 Å². The molecule has 0 bridgehead atoms. The summed E-state index contributed by atoms with van der Waals surface area (Å²) < 4.78 is 29.6. The Balaban J connectivity index is 1.61. The highest BCUT2D eigenvalue weighted by Gasteiger charge is 2.54. The van der Waals surface area contributed by atoms with Crippen molar-refractivity contribution in [2.24, 2.45) is 0 Å². The lowest BCUT2D eigenvalue weighted by Crippen LogP contribution is -2.76. The van der Waals surface area contributed by atoms with Crippen LogP contribution in [0.15, 0.2) is 71.8 Å². The number of pyridine rings is 1. The van der Waals surface area contributed by atoms with Crippen LogP contribution < -0.4 is 5.32 Å². The van der Waals surface area contributed by atoms with E-state index in [-0.39, 0.29) is 45.5 Å². The highest BCUT2D eigenvalue weighted by Crippen LogP contribution is 2.35. The Hall–Kier alpha value is -3.22. The third kappa shape index (κ3) is 6.23. The predicted octanol–water partition coefficient (Wildman–Crippen LogP) is 3.86. The first-order chi connectivity index (χ1) is 20.4. The Kier molecular flexibility index (Phi) is 9.01. The van der Waals surface area contributed by atoms with Gasteiger partial charge in [-0.15, -0.1) is 0 Å². The highest BCUT2D eigenvalue weighted by molar-refractivity contribution is 7.89. The number of benzene rings is 2. The zero-order valence-electron chi connectivity index (χ0n) is 23.2. The van der Waals surface area contributed by atoms with Gasteiger partial charge in [-0.1, -0.05) is 53.0 Å². The van der Waals surface area contributed by atoms with Crippen molar-refractivity contribution in [3.63, 3.8) is 0 Å². The molecule has 1 aromatic heterocycles. The van der Waals surface area contributed by atoms with Gasteiger partial charge in [0.2, 0.25) is 21.8 Å². The molecule has 3 unspecified atom stereocenters. The number of nitrogens with zero attached hydrogens (tertiary/aromatic N) is 4. The number of carbonyl (C=O) groups excluding carboxylic acids is 3. The minimum Gasteiger partial charge on any atom is -0.338 e. The van der Waals surface area contributed by atoms with E-state index in [0.29, 0.717) is 5.02 Å². The number of rotatable bonds is 7. The van der Waals surface area contributed by atoms with Crippen molar-refractivity contribution in [3.8, 4) is 0 Å². The summed E-state index contributed by atoms with van der Waals surface area (Å²) in [6.07, 6.45) is 0.446. The largest absolute Gasteiger partial charge is 0.338 e. The van der Waals surface area contributed by atoms with Gasteiger partial charge in [-0.2, -0.15) is 4.31 Å². The maximum atomic E-state index is 14.3. The van der Waals surface area contributed by atoms with Crippen LogP contribution in [0.3, 0.4) is 0 Å². The number of piperazine rings is 1. The van der Waals surface area contributed by atoms with Gasteiger partial charge in [0.1, 0.15) is 28.8 Å². The van der Waals surface area contributed by atoms with Gasteiger partial charge in [0.25, 0.3) is 5.91 Å². The quantitative estimate of drug-likeness (QED) is 0.410. The number of carbonyl (C=O) groups is 3. The van der Waals surface area contributed by atoms with Crippen molar-refractivity contribution in [3.05, 3.63) is 93.2 Å². The molecule has 5 rings (SSSR count). The van der Waals surface area contributed by atoms with Crippen LogP contribution >= 0.6 is 34.8 Å². The molecule has 2 aliphatic heterocycles. The fourth-order valence-corrected chi connectivity index (χ4v) is 7.82. The van der Waals surface area contributed by atoms with E-state index in [9.17, 15) is 22.8 Å². The molecule has 0 radical (unpaired) electrons. The number of aromatic nitrogens is 1. The van der Waals surface area contributed by atoms with Gasteiger partial charge in [0.05, 0.1) is 11.6 Å². The normalized spacial score (nSPS) is 21.2. The molecule has 3 heterocycles. The molecule has 2 aromatic carbocycles. The lowest BCUT2D eigenvalue weighted by atomic mass is 9.96. The SMILES string of the molecule is CC(C)N1CC2N(C(=O)C(NC(=O)c3ccccn3)CN2S(=O)(=O)c2ccc(Cl)cc2Cl)C(Cc2ccc(Cl)cc2)C1=O. The number of nitrogens with one attached hydrogen (secondary N) is 1. The standard InChI is InChI=1S/C29H28Cl3N5O5S/c1-17(2)35-16-26-36(43(41,42)25-11-10-20(31)14-21(25)32)15-23(34-27(38)22-5-3-4-12-33-22)28(39)37(26)24(29(35)40)13-18-6-8-19(30)9-7-18/h3-12,14,17,23-24,26H,13,15-16H2,1-2H3,(H,34,38). The zero-order valence-corrected chi connectivity index (χ0v) is 26.2. The first kappa shape index (κ1) is 31.2. The Morgan fingerprint density at radius 3 is 2.30 bits per heavy atom. The average molecular weight is 665 g/mol. The first-order valence-corrected chi connectivity index (χ1v) is 16.0. The van der Waals surface area contributed by atoms with E-state index in [1.807, 2.05) is 13.8 Å². The Labute approximate surface area is 264 Å². The van der Waals surface area contributed by atoms with Gasteiger partial charge < -0.3 is 15.1 Å². The minimum atomic E-state index is -4.38. The van der Waals surface area contributed by atoms with Crippen LogP contribution in [0.5, 0.6) is 0 Å². The maximum absolute atomic E-state index is 14.3. The van der Waals surface area contributed by atoms with E-state index in [2.05, 4.69) is 10.3 Å². The molecule has 226 valence electrons. The maximum Gasteiger partial charge on any atom is 0.270 e. The number of hydrogen-bond acceptors (Lipinski definition) is 6. The molecule has 1 N–H and O–H groups in total. The summed E-state index contributed by atoms with van der Waals surface area (Å²) in [4.78, 5) is 47.8. The molecule has 2 saturated heterocycles. The number of halogens is 3. The van der Waals surface area contributed by atoms with E-state index < -0.39 is 46.6 Å². The van der Waals surface area contributed by atoms with Crippen LogP contribution in [-0.2, 0) is 26.0 Å². The van der Waals surface area contributed by atoms with Gasteiger partial charge in [0, 0.05) is 35.2 Å². The smallest absolute Gasteiger partial charge is 0.270 e. The van der Waals surface area contributed by atoms with Gasteiger partial charge >= 0.3 is 0 Å². The summed E-state index contributed by atoms with van der Waals surface area (Å²) in [7, 11) is -4.38. The van der Waals surface area contributed by atoms with Crippen LogP contribution in [0.4, 0.5) is 0 Å². The molecule has 10 nitrogen and oxygen atoms in total. The summed E-state index contributed by atoms with van der Waals surface area (Å²) in [6, 6.07) is 12.9. The van der Waals surface area contributed by atoms with Crippen LogP contribution in [-0.4, -0.2) is 82.6 Å². The van der Waals surface area contributed by atoms with Crippen molar-refractivity contribution in [2.45, 2.75) is 49.5 Å². The zero-order chi connectivity index (χ0) is 31.1. The van der Waals surface area contributed by atoms with E-state index in [0.717, 1.165) is 9.87 Å². The second kappa shape index (κ2) is 12.4. The molecule has 0 saturated carbocycles. The van der Waals surface area contributed by atoms with Crippen molar-refractivity contribution >= 4 is 62.5 Å². The fraction of sp³-hybridized carbons (Fsp3) is 0.310. The second-order valence-corrected chi connectivity index (χ2v) is 13.7. The average Bonchev–Trinajstić information content (AvgIpc) is 2.96. The van der Waals surface area contributed by atoms with Gasteiger partial charge in [-0.3, -0.25) is 19.4 Å². The van der Waals surface area contributed by atoms with E-state index in [4.69, 9.17) is 34.8 Å². The Bertz CT molecular complexity index is 1660. The van der Waals surface area contributed by atoms with E-state index in [1.54, 1.807) is 41.3 Å². The molecule has 3 aromatic rings. The summed E-state index contributed by atoms with van der Waals surface area (Å²) in [5.41, 5.74) is 0.765. The molecule has 2 aliphatic rings. The molecule has 3 amide bonds. The lowest BCUT2D eigenvalue weighted by Gasteiger charge is -2.54. The predicted molar refractivity (Wildman–Crippen MR) is 162 cm³/mol. The molecular weight excluding hydrogens is 637 g/mol. The van der Waals surface area contributed by atoms with Crippen molar-refractivity contribution < 1.29 is 22.8 Å². The minimum absolute atomic E-state index is 0.0472. The van der Waals surface area contributed by atoms with Gasteiger partial charge in [-0.05, 0) is 61.9 Å². The summed E-state index contributed by atoms with van der Waals surface area (Å²) >= 11 is 18.5. The topological polar surface area (TPSA) is 120 Å². The molecule has 14 heteroatoms. The third-order valence-electron chi connectivity index (χ3n) is 7.48. The number of sulfonamides is 1. The molecular formula is C29H28Cl3N5O5S. The van der Waals surface area contributed by atoms with E-state index >= 15 is 0 Å². The van der Waals surface area contributed by atoms with Gasteiger partial charge in [-0.25, -0.2) is 8.42 Å². The summed E-state index contributed by atoms with van der Waals surface area (Å²) in [5.74, 6) is -1.59. The Morgan fingerprint density at radius 1 is 0.977 bits per heavy atom. The van der Waals surface area contributed by atoms with Crippen LogP contribution in [0.25, 0.3) is 0 Å². The molecule has 2 fully saturated rings. The highest BCUT2D eigenvalue weighted by atomic mass is 35.5. The lowest BCUT2D eigenvalue weighted by molar-refractivity contribution is -0.168.